The molecule has 0 bridgehead atoms. The van der Waals surface area contributed by atoms with Crippen molar-refractivity contribution in [3.8, 4) is 11.1 Å². The zero-order valence-corrected chi connectivity index (χ0v) is 14.0. The van der Waals surface area contributed by atoms with Gasteiger partial charge in [0.25, 0.3) is 5.91 Å². The van der Waals surface area contributed by atoms with E-state index in [1.165, 1.54) is 0 Å². The fraction of sp³-hybridized carbons (Fsp3) is 0.300. The molecular weight excluding hydrogens is 316 g/mol. The van der Waals surface area contributed by atoms with Crippen LogP contribution in [0.3, 0.4) is 0 Å². The van der Waals surface area contributed by atoms with Crippen molar-refractivity contribution in [2.24, 2.45) is 0 Å². The molecule has 3 rings (SSSR count). The summed E-state index contributed by atoms with van der Waals surface area (Å²) in [7, 11) is 0. The van der Waals surface area contributed by atoms with E-state index in [0.717, 1.165) is 24.0 Å². The highest BCUT2D eigenvalue weighted by Crippen LogP contribution is 2.19. The maximum atomic E-state index is 12.1. The van der Waals surface area contributed by atoms with Gasteiger partial charge in [-0.25, -0.2) is 0 Å². The molecule has 0 radical (unpaired) electrons. The van der Waals surface area contributed by atoms with Crippen LogP contribution < -0.4 is 10.6 Å². The number of ether oxygens (including phenoxy) is 1. The van der Waals surface area contributed by atoms with Crippen LogP contribution in [-0.4, -0.2) is 37.6 Å². The summed E-state index contributed by atoms with van der Waals surface area (Å²) in [6.07, 6.45) is 1.36. The number of carbonyl (C=O) groups excluding carboxylic acids is 2. The fourth-order valence-corrected chi connectivity index (χ4v) is 2.81. The van der Waals surface area contributed by atoms with Crippen LogP contribution in [0.25, 0.3) is 11.1 Å². The molecule has 0 aromatic heterocycles. The van der Waals surface area contributed by atoms with Gasteiger partial charge in [0.1, 0.15) is 6.10 Å². The summed E-state index contributed by atoms with van der Waals surface area (Å²) in [5.41, 5.74) is 2.79. The van der Waals surface area contributed by atoms with Gasteiger partial charge in [0.15, 0.2) is 0 Å². The first kappa shape index (κ1) is 17.2. The number of amides is 2. The quantitative estimate of drug-likeness (QED) is 0.795. The lowest BCUT2D eigenvalue weighted by Gasteiger charge is -2.11. The number of hydrogen-bond acceptors (Lipinski definition) is 3. The molecule has 1 aliphatic rings. The minimum atomic E-state index is -0.332. The predicted octanol–water partition coefficient (Wildman–Crippen LogP) is 2.38. The Bertz CT molecular complexity index is 707. The lowest BCUT2D eigenvalue weighted by atomic mass is 10.0. The van der Waals surface area contributed by atoms with Crippen LogP contribution in [0.2, 0.25) is 0 Å². The average molecular weight is 338 g/mol. The molecule has 1 atom stereocenters. The van der Waals surface area contributed by atoms with Gasteiger partial charge in [0.2, 0.25) is 5.91 Å². The van der Waals surface area contributed by atoms with Crippen molar-refractivity contribution in [1.82, 2.24) is 10.6 Å². The van der Waals surface area contributed by atoms with Crippen molar-refractivity contribution in [2.45, 2.75) is 18.9 Å². The summed E-state index contributed by atoms with van der Waals surface area (Å²) in [5, 5.41) is 5.59. The zero-order chi connectivity index (χ0) is 17.5. The Balaban J connectivity index is 1.44. The van der Waals surface area contributed by atoms with E-state index in [0.29, 0.717) is 25.3 Å². The first-order valence-electron chi connectivity index (χ1n) is 8.57. The summed E-state index contributed by atoms with van der Waals surface area (Å²) >= 11 is 0. The number of carbonyl (C=O) groups is 2. The lowest BCUT2D eigenvalue weighted by Crippen LogP contribution is -2.39. The van der Waals surface area contributed by atoms with Crippen LogP contribution in [0.5, 0.6) is 0 Å². The Labute approximate surface area is 147 Å². The number of nitrogens with one attached hydrogen (secondary N) is 2. The second kappa shape index (κ2) is 8.44. The van der Waals surface area contributed by atoms with Gasteiger partial charge in [-0.2, -0.15) is 0 Å². The lowest BCUT2D eigenvalue weighted by molar-refractivity contribution is -0.129. The first-order valence-corrected chi connectivity index (χ1v) is 8.57. The van der Waals surface area contributed by atoms with E-state index >= 15 is 0 Å². The highest BCUT2D eigenvalue weighted by Gasteiger charge is 2.22. The largest absolute Gasteiger partial charge is 0.368 e. The molecule has 1 heterocycles. The molecule has 1 fully saturated rings. The van der Waals surface area contributed by atoms with Crippen LogP contribution in [-0.2, 0) is 9.53 Å². The van der Waals surface area contributed by atoms with Crippen molar-refractivity contribution in [1.29, 1.82) is 0 Å². The minimum Gasteiger partial charge on any atom is -0.368 e. The average Bonchev–Trinajstić information content (AvgIpc) is 3.21. The molecule has 2 amide bonds. The van der Waals surface area contributed by atoms with Crippen LogP contribution in [0.15, 0.2) is 54.6 Å². The number of rotatable bonds is 6. The minimum absolute atomic E-state index is 0.0982. The second-order valence-corrected chi connectivity index (χ2v) is 5.99. The molecule has 2 aromatic rings. The third-order valence-corrected chi connectivity index (χ3v) is 4.19. The highest BCUT2D eigenvalue weighted by molar-refractivity contribution is 5.94. The summed E-state index contributed by atoms with van der Waals surface area (Å²) in [5.74, 6) is -0.245. The molecule has 0 aliphatic carbocycles. The van der Waals surface area contributed by atoms with Crippen LogP contribution in [0, 0.1) is 0 Å². The summed E-state index contributed by atoms with van der Waals surface area (Å²) in [6, 6.07) is 17.5. The topological polar surface area (TPSA) is 67.4 Å². The van der Waals surface area contributed by atoms with Crippen molar-refractivity contribution >= 4 is 11.8 Å². The van der Waals surface area contributed by atoms with E-state index in [2.05, 4.69) is 10.6 Å². The Kier molecular flexibility index (Phi) is 5.80. The van der Waals surface area contributed by atoms with Crippen LogP contribution >= 0.6 is 0 Å². The SMILES string of the molecule is O=C(NCCNC(=O)C1CCCO1)c1ccc(-c2ccccc2)cc1. The molecule has 1 aliphatic heterocycles. The standard InChI is InChI=1S/C20H22N2O3/c23-19(21-12-13-22-20(24)18-7-4-14-25-18)17-10-8-16(9-11-17)15-5-2-1-3-6-15/h1-3,5-6,8-11,18H,4,7,12-14H2,(H,21,23)(H,22,24). The predicted molar refractivity (Wildman–Crippen MR) is 96.2 cm³/mol. The molecule has 5 nitrogen and oxygen atoms in total. The molecule has 2 N–H and O–H groups in total. The molecular formula is C20H22N2O3. The van der Waals surface area contributed by atoms with Crippen molar-refractivity contribution in [3.63, 3.8) is 0 Å². The monoisotopic (exact) mass is 338 g/mol. The van der Waals surface area contributed by atoms with E-state index in [1.807, 2.05) is 54.6 Å². The Hall–Kier alpha value is -2.66. The van der Waals surface area contributed by atoms with E-state index < -0.39 is 0 Å². The Morgan fingerprint density at radius 3 is 2.28 bits per heavy atom. The molecule has 2 aromatic carbocycles. The second-order valence-electron chi connectivity index (χ2n) is 5.99. The third-order valence-electron chi connectivity index (χ3n) is 4.19. The summed E-state index contributed by atoms with van der Waals surface area (Å²) < 4.78 is 5.31. The van der Waals surface area contributed by atoms with Crippen molar-refractivity contribution in [2.75, 3.05) is 19.7 Å². The van der Waals surface area contributed by atoms with Gasteiger partial charge < -0.3 is 15.4 Å². The molecule has 130 valence electrons. The smallest absolute Gasteiger partial charge is 0.251 e. The van der Waals surface area contributed by atoms with Gasteiger partial charge in [-0.15, -0.1) is 0 Å². The van der Waals surface area contributed by atoms with Crippen LogP contribution in [0.4, 0.5) is 0 Å². The Morgan fingerprint density at radius 1 is 0.920 bits per heavy atom. The van der Waals surface area contributed by atoms with Gasteiger partial charge in [-0.05, 0) is 36.1 Å². The molecule has 1 unspecified atom stereocenters. The third kappa shape index (κ3) is 4.67. The highest BCUT2D eigenvalue weighted by atomic mass is 16.5. The zero-order valence-electron chi connectivity index (χ0n) is 14.0. The first-order chi connectivity index (χ1) is 12.2. The molecule has 0 spiro atoms. The normalized spacial score (nSPS) is 16.4. The van der Waals surface area contributed by atoms with Gasteiger partial charge in [0, 0.05) is 25.3 Å². The van der Waals surface area contributed by atoms with Crippen molar-refractivity contribution in [3.05, 3.63) is 60.2 Å². The van der Waals surface area contributed by atoms with E-state index in [4.69, 9.17) is 4.74 Å². The Morgan fingerprint density at radius 2 is 1.60 bits per heavy atom. The molecule has 1 saturated heterocycles. The molecule has 25 heavy (non-hydrogen) atoms. The number of hydrogen-bond donors (Lipinski definition) is 2. The molecule has 5 heteroatoms. The van der Waals surface area contributed by atoms with Gasteiger partial charge in [-0.1, -0.05) is 42.5 Å². The van der Waals surface area contributed by atoms with Gasteiger partial charge in [0.05, 0.1) is 0 Å². The van der Waals surface area contributed by atoms with E-state index in [1.54, 1.807) is 0 Å². The fourth-order valence-electron chi connectivity index (χ4n) is 2.81. The van der Waals surface area contributed by atoms with Crippen LogP contribution in [0.1, 0.15) is 23.2 Å². The summed E-state index contributed by atoms with van der Waals surface area (Å²) in [6.45, 7) is 1.43. The van der Waals surface area contributed by atoms with Gasteiger partial charge >= 0.3 is 0 Å². The maximum Gasteiger partial charge on any atom is 0.251 e. The van der Waals surface area contributed by atoms with E-state index in [9.17, 15) is 9.59 Å². The number of benzene rings is 2. The molecule has 0 saturated carbocycles. The van der Waals surface area contributed by atoms with E-state index in [-0.39, 0.29) is 17.9 Å². The van der Waals surface area contributed by atoms with Crippen molar-refractivity contribution < 1.29 is 14.3 Å². The van der Waals surface area contributed by atoms with Gasteiger partial charge in [-0.3, -0.25) is 9.59 Å². The maximum absolute atomic E-state index is 12.1. The summed E-state index contributed by atoms with van der Waals surface area (Å²) in [4.78, 5) is 23.9.